The molecule has 0 saturated heterocycles. The number of rotatable bonds is 21. The number of carbonyl (C=O) groups is 1. The molecule has 0 spiro atoms. The first-order chi connectivity index (χ1) is 12.3. The Bertz CT molecular complexity index is 269. The smallest absolute Gasteiger partial charge is 0.303 e. The lowest BCUT2D eigenvalue weighted by Crippen LogP contribution is -1.93. The highest BCUT2D eigenvalue weighted by Crippen LogP contribution is 2.14. The van der Waals surface area contributed by atoms with Gasteiger partial charge in [-0.15, -0.1) is 0 Å². The van der Waals surface area contributed by atoms with Gasteiger partial charge in [0.2, 0.25) is 0 Å². The standard InChI is InChI=1S/C23H46O2.H3N/c1-2-3-4-5-6-7-8-9-10-11-12-13-14-15-16-17-18-19-20-21-22-23(24)25;/h2-22H2,1H3,(H,24,25);1H3. The van der Waals surface area contributed by atoms with Gasteiger partial charge in [0.25, 0.3) is 0 Å². The van der Waals surface area contributed by atoms with Gasteiger partial charge in [-0.3, -0.25) is 4.79 Å². The molecule has 0 aromatic carbocycles. The summed E-state index contributed by atoms with van der Waals surface area (Å²) in [6.45, 7) is 2.29. The molecular formula is C23H49NO2. The first-order valence-electron chi connectivity index (χ1n) is 11.5. The number of aliphatic carboxylic acids is 1. The van der Waals surface area contributed by atoms with Gasteiger partial charge in [0.1, 0.15) is 0 Å². The Morgan fingerprint density at radius 1 is 0.500 bits per heavy atom. The van der Waals surface area contributed by atoms with E-state index in [0.29, 0.717) is 6.42 Å². The molecule has 0 unspecified atom stereocenters. The molecule has 0 aromatic rings. The number of unbranched alkanes of at least 4 members (excludes halogenated alkanes) is 19. The van der Waals surface area contributed by atoms with Crippen molar-refractivity contribution < 1.29 is 9.90 Å². The SMILES string of the molecule is CCCCCCCCCCCCCCCCCCCCCCC(=O)O.N. The molecule has 0 atom stereocenters. The molecule has 0 aliphatic heterocycles. The van der Waals surface area contributed by atoms with Crippen LogP contribution in [0, 0.1) is 0 Å². The Kier molecular flexibility index (Phi) is 26.0. The third-order valence-corrected chi connectivity index (χ3v) is 5.24. The molecule has 0 radical (unpaired) electrons. The summed E-state index contributed by atoms with van der Waals surface area (Å²) in [6, 6.07) is 0. The zero-order chi connectivity index (χ0) is 18.4. The highest BCUT2D eigenvalue weighted by molar-refractivity contribution is 5.66. The summed E-state index contributed by atoms with van der Waals surface area (Å²) in [7, 11) is 0. The van der Waals surface area contributed by atoms with Crippen LogP contribution in [0.5, 0.6) is 0 Å². The molecule has 0 bridgehead atoms. The van der Waals surface area contributed by atoms with Gasteiger partial charge >= 0.3 is 5.97 Å². The van der Waals surface area contributed by atoms with Crippen molar-refractivity contribution in [3.05, 3.63) is 0 Å². The highest BCUT2D eigenvalue weighted by atomic mass is 16.4. The van der Waals surface area contributed by atoms with Crippen LogP contribution >= 0.6 is 0 Å². The third-order valence-electron chi connectivity index (χ3n) is 5.24. The van der Waals surface area contributed by atoms with Crippen molar-refractivity contribution in [3.63, 3.8) is 0 Å². The van der Waals surface area contributed by atoms with Gasteiger partial charge in [0, 0.05) is 6.42 Å². The molecule has 0 aromatic heterocycles. The van der Waals surface area contributed by atoms with Gasteiger partial charge in [-0.1, -0.05) is 129 Å². The van der Waals surface area contributed by atoms with Crippen molar-refractivity contribution >= 4 is 5.97 Å². The molecule has 3 heteroatoms. The van der Waals surface area contributed by atoms with Gasteiger partial charge in [-0.2, -0.15) is 0 Å². The fraction of sp³-hybridized carbons (Fsp3) is 0.957. The Hall–Kier alpha value is -0.570. The third kappa shape index (κ3) is 25.7. The summed E-state index contributed by atoms with van der Waals surface area (Å²) in [5, 5.41) is 8.56. The zero-order valence-electron chi connectivity index (χ0n) is 17.9. The molecule has 4 N–H and O–H groups in total. The van der Waals surface area contributed by atoms with Gasteiger partial charge in [-0.25, -0.2) is 0 Å². The summed E-state index contributed by atoms with van der Waals surface area (Å²) in [5.41, 5.74) is 0. The second-order valence-electron chi connectivity index (χ2n) is 7.86. The van der Waals surface area contributed by atoms with Gasteiger partial charge in [0.15, 0.2) is 0 Å². The minimum Gasteiger partial charge on any atom is -0.481 e. The predicted octanol–water partition coefficient (Wildman–Crippen LogP) is 8.45. The number of hydrogen-bond donors (Lipinski definition) is 2. The van der Waals surface area contributed by atoms with E-state index in [9.17, 15) is 4.79 Å². The number of hydrogen-bond acceptors (Lipinski definition) is 2. The highest BCUT2D eigenvalue weighted by Gasteiger charge is 1.97. The van der Waals surface area contributed by atoms with Gasteiger partial charge < -0.3 is 11.3 Å². The fourth-order valence-electron chi connectivity index (χ4n) is 3.53. The minimum absolute atomic E-state index is 0. The summed E-state index contributed by atoms with van der Waals surface area (Å²) in [6.07, 6.45) is 27.6. The number of carboxylic acids is 1. The largest absolute Gasteiger partial charge is 0.481 e. The van der Waals surface area contributed by atoms with Crippen molar-refractivity contribution in [2.45, 2.75) is 142 Å². The Morgan fingerprint density at radius 2 is 0.731 bits per heavy atom. The molecule has 0 saturated carbocycles. The van der Waals surface area contributed by atoms with Crippen molar-refractivity contribution in [3.8, 4) is 0 Å². The van der Waals surface area contributed by atoms with E-state index < -0.39 is 5.97 Å². The van der Waals surface area contributed by atoms with E-state index in [1.165, 1.54) is 116 Å². The lowest BCUT2D eigenvalue weighted by atomic mass is 10.0. The van der Waals surface area contributed by atoms with Crippen LogP contribution in [0.1, 0.15) is 142 Å². The quantitative estimate of drug-likeness (QED) is 0.199. The average Bonchev–Trinajstić information content (AvgIpc) is 2.60. The maximum atomic E-state index is 10.4. The van der Waals surface area contributed by atoms with Gasteiger partial charge in [0.05, 0.1) is 0 Å². The summed E-state index contributed by atoms with van der Waals surface area (Å²) in [4.78, 5) is 10.4. The zero-order valence-corrected chi connectivity index (χ0v) is 17.9. The van der Waals surface area contributed by atoms with Crippen LogP contribution in [0.4, 0.5) is 0 Å². The van der Waals surface area contributed by atoms with Gasteiger partial charge in [-0.05, 0) is 6.42 Å². The van der Waals surface area contributed by atoms with Crippen LogP contribution in [0.15, 0.2) is 0 Å². The minimum atomic E-state index is -0.651. The van der Waals surface area contributed by atoms with E-state index >= 15 is 0 Å². The van der Waals surface area contributed by atoms with Crippen molar-refractivity contribution in [2.75, 3.05) is 0 Å². The molecule has 26 heavy (non-hydrogen) atoms. The summed E-state index contributed by atoms with van der Waals surface area (Å²) >= 11 is 0. The normalized spacial score (nSPS) is 10.7. The van der Waals surface area contributed by atoms with E-state index in [1.54, 1.807) is 0 Å². The van der Waals surface area contributed by atoms with Crippen LogP contribution in [0.25, 0.3) is 0 Å². The Morgan fingerprint density at radius 3 is 0.962 bits per heavy atom. The van der Waals surface area contributed by atoms with Crippen LogP contribution < -0.4 is 6.15 Å². The first-order valence-corrected chi connectivity index (χ1v) is 11.5. The monoisotopic (exact) mass is 371 g/mol. The lowest BCUT2D eigenvalue weighted by Gasteiger charge is -2.04. The van der Waals surface area contributed by atoms with E-state index in [1.807, 2.05) is 0 Å². The molecule has 0 rings (SSSR count). The van der Waals surface area contributed by atoms with Crippen molar-refractivity contribution in [1.82, 2.24) is 6.15 Å². The molecule has 0 fully saturated rings. The van der Waals surface area contributed by atoms with E-state index in [0.717, 1.165) is 12.8 Å². The Labute approximate surface area is 164 Å². The van der Waals surface area contributed by atoms with E-state index in [2.05, 4.69) is 6.92 Å². The predicted molar refractivity (Wildman–Crippen MR) is 115 cm³/mol. The summed E-state index contributed by atoms with van der Waals surface area (Å²) < 4.78 is 0. The molecule has 158 valence electrons. The molecule has 0 aliphatic carbocycles. The molecule has 3 nitrogen and oxygen atoms in total. The molecular weight excluding hydrogens is 322 g/mol. The van der Waals surface area contributed by atoms with Crippen molar-refractivity contribution in [1.29, 1.82) is 0 Å². The van der Waals surface area contributed by atoms with Crippen LogP contribution in [-0.4, -0.2) is 11.1 Å². The average molecular weight is 372 g/mol. The maximum Gasteiger partial charge on any atom is 0.303 e. The second kappa shape index (κ2) is 24.4. The fourth-order valence-corrected chi connectivity index (χ4v) is 3.53. The van der Waals surface area contributed by atoms with E-state index in [4.69, 9.17) is 5.11 Å². The topological polar surface area (TPSA) is 72.3 Å². The molecule has 0 heterocycles. The number of carboxylic acid groups (broad SMARTS) is 1. The molecule has 0 aliphatic rings. The maximum absolute atomic E-state index is 10.4. The van der Waals surface area contributed by atoms with Crippen LogP contribution in [0.3, 0.4) is 0 Å². The van der Waals surface area contributed by atoms with Crippen LogP contribution in [-0.2, 0) is 4.79 Å². The summed E-state index contributed by atoms with van der Waals surface area (Å²) in [5.74, 6) is -0.651. The Balaban J connectivity index is 0. The van der Waals surface area contributed by atoms with Crippen molar-refractivity contribution in [2.24, 2.45) is 0 Å². The lowest BCUT2D eigenvalue weighted by molar-refractivity contribution is -0.137. The molecule has 0 amide bonds. The van der Waals surface area contributed by atoms with Crippen LogP contribution in [0.2, 0.25) is 0 Å². The van der Waals surface area contributed by atoms with E-state index in [-0.39, 0.29) is 6.15 Å². The second-order valence-corrected chi connectivity index (χ2v) is 7.86. The first kappa shape index (κ1) is 27.6.